The molecule has 1 aromatic carbocycles. The van der Waals surface area contributed by atoms with Gasteiger partial charge in [0.25, 0.3) is 5.69 Å². The largest absolute Gasteiger partial charge is 0.392 e. The quantitative estimate of drug-likeness (QED) is 0.663. The van der Waals surface area contributed by atoms with Crippen LogP contribution in [0.4, 0.5) is 11.4 Å². The Labute approximate surface area is 111 Å². The summed E-state index contributed by atoms with van der Waals surface area (Å²) in [6, 6.07) is 4.90. The highest BCUT2D eigenvalue weighted by atomic mass is 16.6. The second-order valence-electron chi connectivity index (χ2n) is 4.56. The van der Waals surface area contributed by atoms with E-state index >= 15 is 0 Å². The molecule has 0 aromatic heterocycles. The lowest BCUT2D eigenvalue weighted by molar-refractivity contribution is -0.384. The third-order valence-electron chi connectivity index (χ3n) is 3.45. The minimum atomic E-state index is -0.445. The lowest BCUT2D eigenvalue weighted by Crippen LogP contribution is -2.45. The van der Waals surface area contributed by atoms with Gasteiger partial charge in [-0.05, 0) is 12.5 Å². The van der Waals surface area contributed by atoms with Crippen LogP contribution in [0.1, 0.15) is 18.9 Å². The molecule has 1 aliphatic rings. The molecule has 1 N–H and O–H groups in total. The first-order valence-electron chi connectivity index (χ1n) is 6.40. The van der Waals surface area contributed by atoms with E-state index in [9.17, 15) is 15.2 Å². The highest BCUT2D eigenvalue weighted by molar-refractivity contribution is 5.58. The Morgan fingerprint density at radius 1 is 1.58 bits per heavy atom. The third-order valence-corrected chi connectivity index (χ3v) is 3.45. The molecule has 0 spiro atoms. The second kappa shape index (κ2) is 5.99. The van der Waals surface area contributed by atoms with Crippen molar-refractivity contribution in [2.45, 2.75) is 26.0 Å². The van der Waals surface area contributed by atoms with Gasteiger partial charge in [0.05, 0.1) is 30.8 Å². The third kappa shape index (κ3) is 2.85. The lowest BCUT2D eigenvalue weighted by Gasteiger charge is -2.37. The molecule has 19 heavy (non-hydrogen) atoms. The number of hydrogen-bond donors (Lipinski definition) is 1. The number of aliphatic hydroxyl groups is 1. The van der Waals surface area contributed by atoms with Crippen molar-refractivity contribution < 1.29 is 14.8 Å². The molecule has 6 nitrogen and oxygen atoms in total. The van der Waals surface area contributed by atoms with Crippen LogP contribution in [0.15, 0.2) is 18.2 Å². The molecule has 1 saturated heterocycles. The molecule has 2 rings (SSSR count). The first-order valence-corrected chi connectivity index (χ1v) is 6.40. The van der Waals surface area contributed by atoms with Gasteiger partial charge in [-0.1, -0.05) is 6.92 Å². The van der Waals surface area contributed by atoms with Crippen molar-refractivity contribution >= 4 is 11.4 Å². The number of non-ortho nitro benzene ring substituents is 1. The fraction of sp³-hybridized carbons (Fsp3) is 0.538. The standard InChI is InChI=1S/C13H18N2O4/c1-2-11-9-19-6-5-14(11)13-4-3-12(15(17)18)7-10(13)8-16/h3-4,7,11,16H,2,5-6,8-9H2,1H3. The van der Waals surface area contributed by atoms with Gasteiger partial charge in [0, 0.05) is 29.9 Å². The van der Waals surface area contributed by atoms with Gasteiger partial charge in [-0.2, -0.15) is 0 Å². The highest BCUT2D eigenvalue weighted by Crippen LogP contribution is 2.29. The normalized spacial score (nSPS) is 19.5. The molecule has 1 heterocycles. The summed E-state index contributed by atoms with van der Waals surface area (Å²) in [7, 11) is 0. The lowest BCUT2D eigenvalue weighted by atomic mass is 10.1. The second-order valence-corrected chi connectivity index (χ2v) is 4.56. The number of rotatable bonds is 4. The van der Waals surface area contributed by atoms with Crippen molar-refractivity contribution in [2.75, 3.05) is 24.7 Å². The van der Waals surface area contributed by atoms with E-state index in [2.05, 4.69) is 11.8 Å². The Kier molecular flexibility index (Phi) is 4.34. The predicted octanol–water partition coefficient (Wildman–Crippen LogP) is 1.70. The number of benzene rings is 1. The summed E-state index contributed by atoms with van der Waals surface area (Å²) in [4.78, 5) is 12.5. The van der Waals surface area contributed by atoms with E-state index in [1.54, 1.807) is 6.07 Å². The van der Waals surface area contributed by atoms with E-state index in [-0.39, 0.29) is 18.3 Å². The van der Waals surface area contributed by atoms with Crippen molar-refractivity contribution in [3.63, 3.8) is 0 Å². The van der Waals surface area contributed by atoms with E-state index in [0.29, 0.717) is 18.8 Å². The molecule has 1 unspecified atom stereocenters. The Hall–Kier alpha value is -1.66. The van der Waals surface area contributed by atoms with Gasteiger partial charge in [-0.3, -0.25) is 10.1 Å². The average Bonchev–Trinajstić information content (AvgIpc) is 2.46. The van der Waals surface area contributed by atoms with Crippen LogP contribution in [0.5, 0.6) is 0 Å². The molecule has 0 amide bonds. The van der Waals surface area contributed by atoms with Crippen molar-refractivity contribution in [2.24, 2.45) is 0 Å². The molecule has 1 atom stereocenters. The van der Waals surface area contributed by atoms with Gasteiger partial charge in [-0.25, -0.2) is 0 Å². The van der Waals surface area contributed by atoms with Gasteiger partial charge < -0.3 is 14.7 Å². The van der Waals surface area contributed by atoms with Crippen molar-refractivity contribution in [1.82, 2.24) is 0 Å². The number of nitro benzene ring substituents is 1. The SMILES string of the molecule is CCC1COCCN1c1ccc([N+](=O)[O-])cc1CO. The Morgan fingerprint density at radius 3 is 3.00 bits per heavy atom. The Morgan fingerprint density at radius 2 is 2.37 bits per heavy atom. The van der Waals surface area contributed by atoms with Crippen molar-refractivity contribution in [3.8, 4) is 0 Å². The maximum atomic E-state index is 10.8. The molecule has 0 bridgehead atoms. The zero-order valence-electron chi connectivity index (χ0n) is 10.9. The minimum Gasteiger partial charge on any atom is -0.392 e. The van der Waals surface area contributed by atoms with Crippen LogP contribution in [0.3, 0.4) is 0 Å². The predicted molar refractivity (Wildman–Crippen MR) is 71.3 cm³/mol. The van der Waals surface area contributed by atoms with Crippen LogP contribution < -0.4 is 4.90 Å². The number of aliphatic hydroxyl groups excluding tert-OH is 1. The maximum absolute atomic E-state index is 10.8. The van der Waals surface area contributed by atoms with Gasteiger partial charge in [0.15, 0.2) is 0 Å². The summed E-state index contributed by atoms with van der Waals surface area (Å²) < 4.78 is 5.45. The Bertz CT molecular complexity index is 464. The number of nitro groups is 1. The minimum absolute atomic E-state index is 0.00843. The van der Waals surface area contributed by atoms with E-state index in [4.69, 9.17) is 4.74 Å². The van der Waals surface area contributed by atoms with Gasteiger partial charge >= 0.3 is 0 Å². The summed E-state index contributed by atoms with van der Waals surface area (Å²) in [6.07, 6.45) is 0.932. The molecular weight excluding hydrogens is 248 g/mol. The molecule has 1 fully saturated rings. The Balaban J connectivity index is 2.34. The van der Waals surface area contributed by atoms with Crippen LogP contribution in [0.25, 0.3) is 0 Å². The molecule has 104 valence electrons. The summed E-state index contributed by atoms with van der Waals surface area (Å²) in [6.45, 7) is 3.90. The smallest absolute Gasteiger partial charge is 0.269 e. The van der Waals surface area contributed by atoms with Crippen LogP contribution in [-0.2, 0) is 11.3 Å². The van der Waals surface area contributed by atoms with Gasteiger partial charge in [-0.15, -0.1) is 0 Å². The summed E-state index contributed by atoms with van der Waals surface area (Å²) in [5.74, 6) is 0. The molecule has 1 aliphatic heterocycles. The fourth-order valence-electron chi connectivity index (χ4n) is 2.40. The maximum Gasteiger partial charge on any atom is 0.269 e. The van der Waals surface area contributed by atoms with Crippen LogP contribution in [0, 0.1) is 10.1 Å². The van der Waals surface area contributed by atoms with Crippen LogP contribution >= 0.6 is 0 Å². The summed E-state index contributed by atoms with van der Waals surface area (Å²) in [5.41, 5.74) is 1.46. The topological polar surface area (TPSA) is 75.8 Å². The highest BCUT2D eigenvalue weighted by Gasteiger charge is 2.24. The van der Waals surface area contributed by atoms with Crippen molar-refractivity contribution in [3.05, 3.63) is 33.9 Å². The summed E-state index contributed by atoms with van der Waals surface area (Å²) >= 11 is 0. The number of hydrogen-bond acceptors (Lipinski definition) is 5. The molecule has 6 heteroatoms. The molecule has 0 radical (unpaired) electrons. The molecule has 0 aliphatic carbocycles. The van der Waals surface area contributed by atoms with Crippen LogP contribution in [-0.4, -0.2) is 35.8 Å². The van der Waals surface area contributed by atoms with Crippen LogP contribution in [0.2, 0.25) is 0 Å². The zero-order chi connectivity index (χ0) is 13.8. The molecule has 1 aromatic rings. The van der Waals surface area contributed by atoms with Gasteiger partial charge in [0.2, 0.25) is 0 Å². The average molecular weight is 266 g/mol. The summed E-state index contributed by atoms with van der Waals surface area (Å²) in [5, 5.41) is 20.2. The number of morpholine rings is 1. The number of ether oxygens (including phenoxy) is 1. The van der Waals surface area contributed by atoms with E-state index < -0.39 is 4.92 Å². The monoisotopic (exact) mass is 266 g/mol. The first kappa shape index (κ1) is 13.8. The molecule has 0 saturated carbocycles. The van der Waals surface area contributed by atoms with Gasteiger partial charge in [0.1, 0.15) is 0 Å². The zero-order valence-corrected chi connectivity index (χ0v) is 10.9. The van der Waals surface area contributed by atoms with Crippen molar-refractivity contribution in [1.29, 1.82) is 0 Å². The van der Waals surface area contributed by atoms with E-state index in [0.717, 1.165) is 18.7 Å². The number of anilines is 1. The molecular formula is C13H18N2O4. The first-order chi connectivity index (χ1) is 9.17. The number of nitrogens with zero attached hydrogens (tertiary/aromatic N) is 2. The van der Waals surface area contributed by atoms with E-state index in [1.807, 2.05) is 0 Å². The van der Waals surface area contributed by atoms with E-state index in [1.165, 1.54) is 12.1 Å². The fourth-order valence-corrected chi connectivity index (χ4v) is 2.40.